The van der Waals surface area contributed by atoms with Crippen molar-refractivity contribution in [1.29, 1.82) is 0 Å². The van der Waals surface area contributed by atoms with Crippen molar-refractivity contribution < 1.29 is 5.11 Å². The lowest BCUT2D eigenvalue weighted by Gasteiger charge is -2.17. The Morgan fingerprint density at radius 2 is 2.00 bits per heavy atom. The second-order valence-electron chi connectivity index (χ2n) is 4.62. The van der Waals surface area contributed by atoms with Crippen molar-refractivity contribution >= 4 is 11.6 Å². The van der Waals surface area contributed by atoms with Crippen LogP contribution < -0.4 is 0 Å². The van der Waals surface area contributed by atoms with E-state index >= 15 is 0 Å². The lowest BCUT2D eigenvalue weighted by Crippen LogP contribution is -2.19. The van der Waals surface area contributed by atoms with Gasteiger partial charge in [0.25, 0.3) is 0 Å². The van der Waals surface area contributed by atoms with E-state index in [2.05, 4.69) is 24.1 Å². The number of aryl methyl sites for hydroxylation is 1. The van der Waals surface area contributed by atoms with E-state index in [9.17, 15) is 0 Å². The minimum atomic E-state index is 0.299. The van der Waals surface area contributed by atoms with Crippen molar-refractivity contribution in [3.63, 3.8) is 0 Å². The monoisotopic (exact) mass is 255 g/mol. The number of rotatable bonds is 7. The zero-order valence-corrected chi connectivity index (χ0v) is 11.5. The molecule has 0 amide bonds. The Labute approximate surface area is 109 Å². The summed E-state index contributed by atoms with van der Waals surface area (Å²) >= 11 is 6.20. The first-order valence-electron chi connectivity index (χ1n) is 6.18. The summed E-state index contributed by atoms with van der Waals surface area (Å²) in [4.78, 5) is 2.27. The fourth-order valence-electron chi connectivity index (χ4n) is 1.82. The average molecular weight is 256 g/mol. The zero-order valence-electron chi connectivity index (χ0n) is 10.7. The zero-order chi connectivity index (χ0) is 12.7. The Morgan fingerprint density at radius 3 is 2.65 bits per heavy atom. The van der Waals surface area contributed by atoms with Gasteiger partial charge in [-0.2, -0.15) is 0 Å². The lowest BCUT2D eigenvalue weighted by molar-refractivity contribution is 0.271. The van der Waals surface area contributed by atoms with Crippen LogP contribution in [0.15, 0.2) is 18.2 Å². The van der Waals surface area contributed by atoms with Gasteiger partial charge >= 0.3 is 0 Å². The molecule has 0 saturated carbocycles. The summed E-state index contributed by atoms with van der Waals surface area (Å²) in [7, 11) is 2.11. The summed E-state index contributed by atoms with van der Waals surface area (Å²) in [6.07, 6.45) is 3.11. The van der Waals surface area contributed by atoms with E-state index in [-0.39, 0.29) is 0 Å². The van der Waals surface area contributed by atoms with Gasteiger partial charge in [0, 0.05) is 18.2 Å². The van der Waals surface area contributed by atoms with E-state index in [1.807, 2.05) is 13.0 Å². The number of nitrogens with zero attached hydrogens (tertiary/aromatic N) is 1. The minimum Gasteiger partial charge on any atom is -0.396 e. The molecule has 96 valence electrons. The molecular formula is C14H22ClNO. The fourth-order valence-corrected chi connectivity index (χ4v) is 2.12. The molecule has 17 heavy (non-hydrogen) atoms. The van der Waals surface area contributed by atoms with Crippen LogP contribution in [0.5, 0.6) is 0 Å². The van der Waals surface area contributed by atoms with Gasteiger partial charge in [-0.1, -0.05) is 23.7 Å². The predicted octanol–water partition coefficient (Wildman–Crippen LogP) is 3.24. The molecule has 1 N–H and O–H groups in total. The predicted molar refractivity (Wildman–Crippen MR) is 73.5 cm³/mol. The lowest BCUT2D eigenvalue weighted by atomic mass is 10.1. The van der Waals surface area contributed by atoms with Crippen LogP contribution in [-0.4, -0.2) is 30.2 Å². The number of hydrogen-bond donors (Lipinski definition) is 1. The molecule has 0 spiro atoms. The molecule has 0 saturated heterocycles. The molecule has 0 radical (unpaired) electrons. The number of aliphatic hydroxyl groups excluding tert-OH is 1. The van der Waals surface area contributed by atoms with Gasteiger partial charge in [-0.3, -0.25) is 0 Å². The number of benzene rings is 1. The molecule has 0 fully saturated rings. The average Bonchev–Trinajstić information content (AvgIpc) is 2.28. The highest BCUT2D eigenvalue weighted by Crippen LogP contribution is 2.19. The molecule has 1 aromatic rings. The van der Waals surface area contributed by atoms with Crippen molar-refractivity contribution in [2.45, 2.75) is 32.7 Å². The van der Waals surface area contributed by atoms with E-state index in [1.54, 1.807) is 0 Å². The Hall–Kier alpha value is -0.570. The second-order valence-corrected chi connectivity index (χ2v) is 5.02. The van der Waals surface area contributed by atoms with Crippen molar-refractivity contribution in [2.24, 2.45) is 0 Å². The third-order valence-corrected chi connectivity index (χ3v) is 3.20. The maximum Gasteiger partial charge on any atom is 0.0453 e. The first-order chi connectivity index (χ1) is 8.13. The van der Waals surface area contributed by atoms with Crippen LogP contribution in [0.3, 0.4) is 0 Å². The summed E-state index contributed by atoms with van der Waals surface area (Å²) in [6, 6.07) is 6.21. The molecule has 3 heteroatoms. The standard InChI is InChI=1S/C14H22ClNO/c1-12-6-7-13(14(15)10-12)11-16(2)8-4-3-5-9-17/h6-7,10,17H,3-5,8-9,11H2,1-2H3. The van der Waals surface area contributed by atoms with Crippen molar-refractivity contribution in [3.05, 3.63) is 34.3 Å². The van der Waals surface area contributed by atoms with E-state index in [1.165, 1.54) is 11.1 Å². The summed E-state index contributed by atoms with van der Waals surface area (Å²) in [5.41, 5.74) is 2.38. The molecule has 0 aliphatic carbocycles. The largest absolute Gasteiger partial charge is 0.396 e. The number of halogens is 1. The van der Waals surface area contributed by atoms with E-state index in [0.717, 1.165) is 37.4 Å². The Bertz CT molecular complexity index is 341. The molecule has 0 unspecified atom stereocenters. The van der Waals surface area contributed by atoms with Crippen LogP contribution in [0.1, 0.15) is 30.4 Å². The Balaban J connectivity index is 2.37. The molecule has 0 atom stereocenters. The molecule has 0 aromatic heterocycles. The summed E-state index contributed by atoms with van der Waals surface area (Å²) < 4.78 is 0. The third-order valence-electron chi connectivity index (χ3n) is 2.85. The topological polar surface area (TPSA) is 23.5 Å². The summed E-state index contributed by atoms with van der Waals surface area (Å²) in [5.74, 6) is 0. The van der Waals surface area contributed by atoms with Gasteiger partial charge in [-0.25, -0.2) is 0 Å². The summed E-state index contributed by atoms with van der Waals surface area (Å²) in [6.45, 7) is 4.28. The highest BCUT2D eigenvalue weighted by Gasteiger charge is 2.04. The van der Waals surface area contributed by atoms with Gasteiger partial charge in [0.1, 0.15) is 0 Å². The quantitative estimate of drug-likeness (QED) is 0.756. The SMILES string of the molecule is Cc1ccc(CN(C)CCCCCO)c(Cl)c1. The molecule has 2 nitrogen and oxygen atoms in total. The molecular weight excluding hydrogens is 234 g/mol. The number of hydrogen-bond acceptors (Lipinski definition) is 2. The number of unbranched alkanes of at least 4 members (excludes halogenated alkanes) is 2. The van der Waals surface area contributed by atoms with Crippen LogP contribution >= 0.6 is 11.6 Å². The van der Waals surface area contributed by atoms with Gasteiger partial charge in [0.2, 0.25) is 0 Å². The number of aliphatic hydroxyl groups is 1. The first kappa shape index (κ1) is 14.5. The van der Waals surface area contributed by atoms with Gasteiger partial charge in [-0.15, -0.1) is 0 Å². The Kier molecular flexibility index (Phi) is 6.56. The van der Waals surface area contributed by atoms with Crippen molar-refractivity contribution in [2.75, 3.05) is 20.2 Å². The van der Waals surface area contributed by atoms with Crippen LogP contribution in [-0.2, 0) is 6.54 Å². The van der Waals surface area contributed by atoms with Gasteiger partial charge in [0.05, 0.1) is 0 Å². The smallest absolute Gasteiger partial charge is 0.0453 e. The molecule has 0 aliphatic heterocycles. The summed E-state index contributed by atoms with van der Waals surface area (Å²) in [5, 5.41) is 9.55. The highest BCUT2D eigenvalue weighted by atomic mass is 35.5. The second kappa shape index (κ2) is 7.70. The highest BCUT2D eigenvalue weighted by molar-refractivity contribution is 6.31. The van der Waals surface area contributed by atoms with Gasteiger partial charge in [0.15, 0.2) is 0 Å². The van der Waals surface area contributed by atoms with Crippen LogP contribution in [0.2, 0.25) is 5.02 Å². The van der Waals surface area contributed by atoms with Crippen molar-refractivity contribution in [3.8, 4) is 0 Å². The maximum absolute atomic E-state index is 8.70. The van der Waals surface area contributed by atoms with Gasteiger partial charge < -0.3 is 10.0 Å². The Morgan fingerprint density at radius 1 is 1.24 bits per heavy atom. The van der Waals surface area contributed by atoms with Crippen LogP contribution in [0.25, 0.3) is 0 Å². The minimum absolute atomic E-state index is 0.299. The maximum atomic E-state index is 8.70. The van der Waals surface area contributed by atoms with Crippen molar-refractivity contribution in [1.82, 2.24) is 4.90 Å². The fraction of sp³-hybridized carbons (Fsp3) is 0.571. The molecule has 0 bridgehead atoms. The first-order valence-corrected chi connectivity index (χ1v) is 6.55. The van der Waals surface area contributed by atoms with Gasteiger partial charge in [-0.05, 0) is 57.0 Å². The van der Waals surface area contributed by atoms with E-state index in [4.69, 9.17) is 16.7 Å². The molecule has 1 rings (SSSR count). The molecule has 0 heterocycles. The van der Waals surface area contributed by atoms with E-state index in [0.29, 0.717) is 6.61 Å². The third kappa shape index (κ3) is 5.53. The molecule has 1 aromatic carbocycles. The normalized spacial score (nSPS) is 11.1. The van der Waals surface area contributed by atoms with Crippen LogP contribution in [0, 0.1) is 6.92 Å². The van der Waals surface area contributed by atoms with E-state index < -0.39 is 0 Å². The van der Waals surface area contributed by atoms with Crippen LogP contribution in [0.4, 0.5) is 0 Å². The molecule has 0 aliphatic rings.